The monoisotopic (exact) mass is 600 g/mol. The number of halogens is 1. The summed E-state index contributed by atoms with van der Waals surface area (Å²) in [6, 6.07) is 5.36. The van der Waals surface area contributed by atoms with Gasteiger partial charge in [0.15, 0.2) is 0 Å². The molecule has 9 heteroatoms. The Hall–Kier alpha value is -2.68. The largest absolute Gasteiger partial charge is 0.465 e. The van der Waals surface area contributed by atoms with Gasteiger partial charge in [0.25, 0.3) is 5.91 Å². The molecule has 1 aromatic rings. The van der Waals surface area contributed by atoms with Gasteiger partial charge in [-0.15, -0.1) is 13.2 Å². The second-order valence-electron chi connectivity index (χ2n) is 12.2. The number of anilines is 1. The number of para-hydroxylation sites is 1. The summed E-state index contributed by atoms with van der Waals surface area (Å²) in [5, 5.41) is 10.9. The van der Waals surface area contributed by atoms with Crippen molar-refractivity contribution in [2.75, 3.05) is 24.7 Å². The minimum atomic E-state index is -1.23. The molecule has 230 valence electrons. The van der Waals surface area contributed by atoms with Crippen molar-refractivity contribution in [1.29, 1.82) is 0 Å². The van der Waals surface area contributed by atoms with Crippen molar-refractivity contribution in [1.82, 2.24) is 4.90 Å². The summed E-state index contributed by atoms with van der Waals surface area (Å²) in [7, 11) is 0. The molecule has 2 amide bonds. The number of ether oxygens (including phenoxy) is 2. The fourth-order valence-electron chi connectivity index (χ4n) is 7.42. The van der Waals surface area contributed by atoms with E-state index < -0.39 is 41.1 Å². The normalized spacial score (nSPS) is 28.6. The first-order valence-corrected chi connectivity index (χ1v) is 15.6. The van der Waals surface area contributed by atoms with Crippen LogP contribution < -0.4 is 4.90 Å². The van der Waals surface area contributed by atoms with E-state index in [-0.39, 0.29) is 37.5 Å². The molecule has 42 heavy (non-hydrogen) atoms. The van der Waals surface area contributed by atoms with Gasteiger partial charge in [-0.05, 0) is 63.0 Å². The predicted octanol–water partition coefficient (Wildman–Crippen LogP) is 5.32. The third-order valence-electron chi connectivity index (χ3n) is 9.22. The number of rotatable bonds is 15. The van der Waals surface area contributed by atoms with Crippen molar-refractivity contribution in [3.05, 3.63) is 54.6 Å². The highest BCUT2D eigenvalue weighted by Crippen LogP contribution is 2.65. The van der Waals surface area contributed by atoms with Crippen LogP contribution in [-0.2, 0) is 23.9 Å². The van der Waals surface area contributed by atoms with Crippen molar-refractivity contribution in [3.63, 3.8) is 0 Å². The summed E-state index contributed by atoms with van der Waals surface area (Å²) in [6.45, 7) is 13.6. The lowest BCUT2D eigenvalue weighted by atomic mass is 9.65. The minimum Gasteiger partial charge on any atom is -0.465 e. The molecule has 3 fully saturated rings. The molecule has 8 nitrogen and oxygen atoms in total. The number of fused-ring (bicyclic) bond motifs is 1. The zero-order valence-corrected chi connectivity index (χ0v) is 25.9. The van der Waals surface area contributed by atoms with E-state index in [1.165, 1.54) is 9.80 Å². The number of hydrogen-bond acceptors (Lipinski definition) is 6. The van der Waals surface area contributed by atoms with E-state index in [0.29, 0.717) is 42.8 Å². The molecule has 3 heterocycles. The van der Waals surface area contributed by atoms with Crippen LogP contribution in [0.5, 0.6) is 0 Å². The average Bonchev–Trinajstić information content (AvgIpc) is 3.58. The van der Waals surface area contributed by atoms with Gasteiger partial charge in [-0.25, -0.2) is 0 Å². The van der Waals surface area contributed by atoms with Crippen LogP contribution in [-0.4, -0.2) is 70.8 Å². The van der Waals surface area contributed by atoms with E-state index in [9.17, 15) is 19.5 Å². The number of carbonyl (C=O) groups excluding carboxylic acids is 3. The molecule has 0 aromatic heterocycles. The Morgan fingerprint density at radius 3 is 2.60 bits per heavy atom. The van der Waals surface area contributed by atoms with Crippen LogP contribution in [0.25, 0.3) is 0 Å². The third kappa shape index (κ3) is 5.53. The molecule has 1 spiro atoms. The van der Waals surface area contributed by atoms with Crippen LogP contribution >= 0.6 is 11.6 Å². The van der Waals surface area contributed by atoms with Crippen LogP contribution in [0.15, 0.2) is 49.6 Å². The summed E-state index contributed by atoms with van der Waals surface area (Å²) in [5.74, 6) is -2.75. The molecule has 0 saturated carbocycles. The van der Waals surface area contributed by atoms with Crippen molar-refractivity contribution < 1.29 is 29.0 Å². The standard InChI is InChI=1S/C33H45ClN2O6/c1-6-9-10-13-19-41-31(40)27-26-29(38)36(23(21-37)20-22(4)5)28(33(26)17-16-32(27,8-3)42-33)30(39)35(18-7-2)25-15-12-11-14-24(25)34/h6-7,11-12,14-15,22-23,26-28,37H,1-2,8-10,13,16-21H2,3-5H3/t23-,26+,27-,28?,32+,33?/m1/s1. The Kier molecular flexibility index (Phi) is 10.2. The maximum atomic E-state index is 14.8. The van der Waals surface area contributed by atoms with Gasteiger partial charge in [0.2, 0.25) is 5.91 Å². The highest BCUT2D eigenvalue weighted by molar-refractivity contribution is 6.34. The number of aliphatic hydroxyl groups excluding tert-OH is 1. The summed E-state index contributed by atoms with van der Waals surface area (Å²) in [6.07, 6.45) is 7.78. The van der Waals surface area contributed by atoms with Crippen molar-refractivity contribution in [2.24, 2.45) is 17.8 Å². The van der Waals surface area contributed by atoms with E-state index in [2.05, 4.69) is 13.2 Å². The Bertz CT molecular complexity index is 1190. The summed E-state index contributed by atoms with van der Waals surface area (Å²) in [4.78, 5) is 46.1. The number of nitrogens with zero attached hydrogens (tertiary/aromatic N) is 2. The molecule has 2 unspecified atom stereocenters. The number of benzene rings is 1. The van der Waals surface area contributed by atoms with Crippen molar-refractivity contribution in [2.45, 2.75) is 89.0 Å². The van der Waals surface area contributed by atoms with Crippen LogP contribution in [0.3, 0.4) is 0 Å². The summed E-state index contributed by atoms with van der Waals surface area (Å²) in [5.41, 5.74) is -1.64. The molecule has 0 aliphatic carbocycles. The van der Waals surface area contributed by atoms with E-state index in [1.54, 1.807) is 30.3 Å². The molecule has 6 atom stereocenters. The Morgan fingerprint density at radius 1 is 1.24 bits per heavy atom. The number of likely N-dealkylation sites (tertiary alicyclic amines) is 1. The summed E-state index contributed by atoms with van der Waals surface area (Å²) < 4.78 is 12.6. The average molecular weight is 601 g/mol. The Balaban J connectivity index is 1.79. The molecule has 2 bridgehead atoms. The number of esters is 1. The summed E-state index contributed by atoms with van der Waals surface area (Å²) >= 11 is 6.56. The van der Waals surface area contributed by atoms with Crippen LogP contribution in [0.1, 0.15) is 65.7 Å². The van der Waals surface area contributed by atoms with Crippen LogP contribution in [0, 0.1) is 17.8 Å². The fraction of sp³-hybridized carbons (Fsp3) is 0.606. The SMILES string of the molecule is C=CCCCCOC(=O)[C@H]1[C@H]2C(=O)N([C@@H](CO)CC(C)C)C(C(=O)N(CC=C)c3ccccc3Cl)C23CC[C@]1(CC)O3. The van der Waals surface area contributed by atoms with E-state index in [0.717, 1.165) is 12.8 Å². The molecule has 3 aliphatic rings. The zero-order valence-electron chi connectivity index (χ0n) is 25.1. The van der Waals surface area contributed by atoms with Crippen LogP contribution in [0.4, 0.5) is 5.69 Å². The molecule has 4 rings (SSSR count). The Morgan fingerprint density at radius 2 is 1.98 bits per heavy atom. The first kappa shape index (κ1) is 32.2. The van der Waals surface area contributed by atoms with Gasteiger partial charge in [0.1, 0.15) is 17.6 Å². The van der Waals surface area contributed by atoms with Gasteiger partial charge in [-0.2, -0.15) is 0 Å². The molecular formula is C33H45ClN2O6. The van der Waals surface area contributed by atoms with E-state index >= 15 is 0 Å². The second-order valence-corrected chi connectivity index (χ2v) is 12.6. The quantitative estimate of drug-likeness (QED) is 0.166. The lowest BCUT2D eigenvalue weighted by Crippen LogP contribution is -2.59. The maximum Gasteiger partial charge on any atom is 0.312 e. The van der Waals surface area contributed by atoms with Crippen molar-refractivity contribution >= 4 is 35.1 Å². The molecule has 1 N–H and O–H groups in total. The molecule has 1 aromatic carbocycles. The molecule has 0 radical (unpaired) electrons. The second kappa shape index (κ2) is 13.3. The minimum absolute atomic E-state index is 0.145. The number of allylic oxidation sites excluding steroid dienone is 1. The smallest absolute Gasteiger partial charge is 0.312 e. The predicted molar refractivity (Wildman–Crippen MR) is 163 cm³/mol. The van der Waals surface area contributed by atoms with Gasteiger partial charge in [0.05, 0.1) is 41.5 Å². The lowest BCUT2D eigenvalue weighted by molar-refractivity contribution is -0.162. The van der Waals surface area contributed by atoms with E-state index in [1.807, 2.05) is 26.8 Å². The zero-order chi connectivity index (χ0) is 30.7. The lowest BCUT2D eigenvalue weighted by Gasteiger charge is -2.40. The number of unbranched alkanes of at least 4 members (excludes halogenated alkanes) is 2. The number of carbonyl (C=O) groups is 3. The van der Waals surface area contributed by atoms with Crippen molar-refractivity contribution in [3.8, 4) is 0 Å². The van der Waals surface area contributed by atoms with Gasteiger partial charge >= 0.3 is 5.97 Å². The van der Waals surface area contributed by atoms with Gasteiger partial charge < -0.3 is 24.4 Å². The number of aliphatic hydroxyl groups is 1. The fourth-order valence-corrected chi connectivity index (χ4v) is 7.65. The number of hydrogen-bond donors (Lipinski definition) is 1. The Labute approximate surface area is 254 Å². The first-order valence-electron chi connectivity index (χ1n) is 15.2. The highest BCUT2D eigenvalue weighted by Gasteiger charge is 2.79. The van der Waals surface area contributed by atoms with Crippen LogP contribution in [0.2, 0.25) is 5.02 Å². The van der Waals surface area contributed by atoms with Gasteiger partial charge in [-0.3, -0.25) is 14.4 Å². The molecule has 3 saturated heterocycles. The first-order chi connectivity index (χ1) is 20.1. The third-order valence-corrected chi connectivity index (χ3v) is 9.54. The number of amides is 2. The maximum absolute atomic E-state index is 14.8. The highest BCUT2D eigenvalue weighted by atomic mass is 35.5. The molecule has 3 aliphatic heterocycles. The van der Waals surface area contributed by atoms with Gasteiger partial charge in [-0.1, -0.05) is 56.7 Å². The topological polar surface area (TPSA) is 96.4 Å². The van der Waals surface area contributed by atoms with Gasteiger partial charge in [0, 0.05) is 6.54 Å². The van der Waals surface area contributed by atoms with E-state index in [4.69, 9.17) is 21.1 Å². The molecular weight excluding hydrogens is 556 g/mol.